The van der Waals surface area contributed by atoms with Crippen LogP contribution in [0.15, 0.2) is 24.3 Å². The van der Waals surface area contributed by atoms with Crippen molar-refractivity contribution in [1.82, 2.24) is 10.2 Å². The van der Waals surface area contributed by atoms with Crippen LogP contribution >= 0.6 is 0 Å². The molecule has 0 spiro atoms. The van der Waals surface area contributed by atoms with Gasteiger partial charge in [-0.2, -0.15) is 0 Å². The zero-order chi connectivity index (χ0) is 16.8. The van der Waals surface area contributed by atoms with Gasteiger partial charge < -0.3 is 15.2 Å². The van der Waals surface area contributed by atoms with Gasteiger partial charge in [0.1, 0.15) is 5.75 Å². The highest BCUT2D eigenvalue weighted by Gasteiger charge is 2.31. The number of likely N-dealkylation sites (tertiary alicyclic amines) is 1. The third-order valence-electron chi connectivity index (χ3n) is 5.50. The lowest BCUT2D eigenvalue weighted by Crippen LogP contribution is -2.51. The molecule has 4 nitrogen and oxygen atoms in total. The number of ether oxygens (including phenoxy) is 1. The molecule has 134 valence electrons. The van der Waals surface area contributed by atoms with E-state index in [2.05, 4.69) is 28.4 Å². The topological polar surface area (TPSA) is 44.7 Å². The average Bonchev–Trinajstić information content (AvgIpc) is 2.62. The Morgan fingerprint density at radius 3 is 2.71 bits per heavy atom. The molecule has 1 saturated heterocycles. The molecule has 2 N–H and O–H groups in total. The minimum atomic E-state index is -0.107. The summed E-state index contributed by atoms with van der Waals surface area (Å²) in [5, 5.41) is 13.9. The van der Waals surface area contributed by atoms with E-state index in [0.29, 0.717) is 18.7 Å². The van der Waals surface area contributed by atoms with Crippen LogP contribution in [0.25, 0.3) is 0 Å². The van der Waals surface area contributed by atoms with Crippen LogP contribution in [0, 0.1) is 0 Å². The lowest BCUT2D eigenvalue weighted by atomic mass is 9.89. The average molecular weight is 332 g/mol. The fourth-order valence-electron chi connectivity index (χ4n) is 4.13. The van der Waals surface area contributed by atoms with Crippen molar-refractivity contribution < 1.29 is 9.84 Å². The Labute approximate surface area is 146 Å². The largest absolute Gasteiger partial charge is 0.494 e. The second-order valence-electron chi connectivity index (χ2n) is 7.19. The van der Waals surface area contributed by atoms with Crippen LogP contribution in [-0.4, -0.2) is 47.9 Å². The van der Waals surface area contributed by atoms with Gasteiger partial charge in [0.25, 0.3) is 0 Å². The molecule has 3 rings (SSSR count). The second kappa shape index (κ2) is 8.84. The summed E-state index contributed by atoms with van der Waals surface area (Å²) >= 11 is 0. The molecule has 1 heterocycles. The normalized spacial score (nSPS) is 26.4. The van der Waals surface area contributed by atoms with Crippen LogP contribution in [0.5, 0.6) is 5.75 Å². The van der Waals surface area contributed by atoms with Crippen LogP contribution in [0.1, 0.15) is 51.0 Å². The standard InChI is InChI=1S/C20H32N2O2/c1-2-24-18-7-5-6-16(14-18)15-21-17-10-12-22(13-11-17)19-8-3-4-9-20(19)23/h5-7,14,17,19-21,23H,2-4,8-13,15H2,1H3. The van der Waals surface area contributed by atoms with Gasteiger partial charge in [-0.1, -0.05) is 25.0 Å². The first-order valence-corrected chi connectivity index (χ1v) is 9.63. The Hall–Kier alpha value is -1.10. The summed E-state index contributed by atoms with van der Waals surface area (Å²) in [5.41, 5.74) is 1.28. The van der Waals surface area contributed by atoms with Crippen LogP contribution in [-0.2, 0) is 6.54 Å². The molecular formula is C20H32N2O2. The van der Waals surface area contributed by atoms with E-state index in [1.54, 1.807) is 0 Å². The number of aliphatic hydroxyl groups excluding tert-OH is 1. The molecule has 4 heteroatoms. The number of rotatable bonds is 6. The van der Waals surface area contributed by atoms with Crippen molar-refractivity contribution in [2.24, 2.45) is 0 Å². The van der Waals surface area contributed by atoms with E-state index in [1.807, 2.05) is 13.0 Å². The minimum Gasteiger partial charge on any atom is -0.494 e. The monoisotopic (exact) mass is 332 g/mol. The fraction of sp³-hybridized carbons (Fsp3) is 0.700. The molecule has 24 heavy (non-hydrogen) atoms. The third-order valence-corrected chi connectivity index (χ3v) is 5.50. The van der Waals surface area contributed by atoms with E-state index < -0.39 is 0 Å². The predicted molar refractivity (Wildman–Crippen MR) is 97.3 cm³/mol. The Bertz CT molecular complexity index is 500. The highest BCUT2D eigenvalue weighted by Crippen LogP contribution is 2.26. The highest BCUT2D eigenvalue weighted by molar-refractivity contribution is 5.28. The number of hydrogen-bond donors (Lipinski definition) is 2. The van der Waals surface area contributed by atoms with E-state index in [0.717, 1.165) is 31.8 Å². The number of nitrogens with zero attached hydrogens (tertiary/aromatic N) is 1. The molecule has 2 atom stereocenters. The van der Waals surface area contributed by atoms with Gasteiger partial charge >= 0.3 is 0 Å². The molecule has 0 bridgehead atoms. The van der Waals surface area contributed by atoms with Gasteiger partial charge in [-0.3, -0.25) is 4.90 Å². The molecule has 2 fully saturated rings. The van der Waals surface area contributed by atoms with Crippen molar-refractivity contribution in [3.63, 3.8) is 0 Å². The Morgan fingerprint density at radius 2 is 1.96 bits per heavy atom. The summed E-state index contributed by atoms with van der Waals surface area (Å²) in [7, 11) is 0. The van der Waals surface area contributed by atoms with Crippen molar-refractivity contribution in [1.29, 1.82) is 0 Å². The van der Waals surface area contributed by atoms with Crippen LogP contribution in [0.2, 0.25) is 0 Å². The van der Waals surface area contributed by atoms with E-state index in [-0.39, 0.29) is 6.10 Å². The van der Waals surface area contributed by atoms with Crippen molar-refractivity contribution >= 4 is 0 Å². The van der Waals surface area contributed by atoms with Gasteiger partial charge in [0, 0.05) is 31.7 Å². The first-order chi connectivity index (χ1) is 11.8. The van der Waals surface area contributed by atoms with Crippen LogP contribution in [0.4, 0.5) is 0 Å². The van der Waals surface area contributed by atoms with E-state index in [1.165, 1.54) is 37.7 Å². The van der Waals surface area contributed by atoms with Gasteiger partial charge in [-0.25, -0.2) is 0 Å². The Morgan fingerprint density at radius 1 is 1.17 bits per heavy atom. The molecule has 1 aromatic carbocycles. The summed E-state index contributed by atoms with van der Waals surface area (Å²) in [6.45, 7) is 5.85. The van der Waals surface area contributed by atoms with Crippen LogP contribution in [0.3, 0.4) is 0 Å². The zero-order valence-corrected chi connectivity index (χ0v) is 14.9. The third kappa shape index (κ3) is 4.71. The first-order valence-electron chi connectivity index (χ1n) is 9.63. The molecule has 1 saturated carbocycles. The van der Waals surface area contributed by atoms with Gasteiger partial charge in [0.15, 0.2) is 0 Å². The summed E-state index contributed by atoms with van der Waals surface area (Å²) in [6, 6.07) is 9.35. The lowest BCUT2D eigenvalue weighted by molar-refractivity contribution is 0.00714. The number of aliphatic hydroxyl groups is 1. The van der Waals surface area contributed by atoms with E-state index >= 15 is 0 Å². The maximum absolute atomic E-state index is 10.2. The summed E-state index contributed by atoms with van der Waals surface area (Å²) in [5.74, 6) is 0.956. The molecule has 0 amide bonds. The maximum Gasteiger partial charge on any atom is 0.119 e. The van der Waals surface area contributed by atoms with Gasteiger partial charge in [-0.15, -0.1) is 0 Å². The van der Waals surface area contributed by atoms with Crippen molar-refractivity contribution in [3.8, 4) is 5.75 Å². The number of hydrogen-bond acceptors (Lipinski definition) is 4. The van der Waals surface area contributed by atoms with E-state index in [9.17, 15) is 5.11 Å². The molecule has 0 aromatic heterocycles. The van der Waals surface area contributed by atoms with Gasteiger partial charge in [-0.05, 0) is 50.3 Å². The molecule has 0 radical (unpaired) electrons. The van der Waals surface area contributed by atoms with E-state index in [4.69, 9.17) is 4.74 Å². The molecule has 1 aliphatic carbocycles. The lowest BCUT2D eigenvalue weighted by Gasteiger charge is -2.41. The SMILES string of the molecule is CCOc1cccc(CNC2CCN(C3CCCCC3O)CC2)c1. The zero-order valence-electron chi connectivity index (χ0n) is 14.9. The number of nitrogens with one attached hydrogen (secondary N) is 1. The number of benzene rings is 1. The fourth-order valence-corrected chi connectivity index (χ4v) is 4.13. The maximum atomic E-state index is 10.2. The Balaban J connectivity index is 1.43. The molecule has 2 aliphatic rings. The minimum absolute atomic E-state index is 0.107. The van der Waals surface area contributed by atoms with Gasteiger partial charge in [0.05, 0.1) is 12.7 Å². The molecule has 1 aromatic rings. The van der Waals surface area contributed by atoms with Gasteiger partial charge in [0.2, 0.25) is 0 Å². The molecule has 2 unspecified atom stereocenters. The summed E-state index contributed by atoms with van der Waals surface area (Å²) in [4.78, 5) is 2.53. The second-order valence-corrected chi connectivity index (χ2v) is 7.19. The number of piperidine rings is 1. The smallest absolute Gasteiger partial charge is 0.119 e. The highest BCUT2D eigenvalue weighted by atomic mass is 16.5. The van der Waals surface area contributed by atoms with Crippen molar-refractivity contribution in [2.45, 2.75) is 70.2 Å². The predicted octanol–water partition coefficient (Wildman–Crippen LogP) is 2.94. The molecular weight excluding hydrogens is 300 g/mol. The first kappa shape index (κ1) is 17.7. The van der Waals surface area contributed by atoms with Crippen molar-refractivity contribution in [3.05, 3.63) is 29.8 Å². The summed E-state index contributed by atoms with van der Waals surface area (Å²) < 4.78 is 5.57. The van der Waals surface area contributed by atoms with Crippen molar-refractivity contribution in [2.75, 3.05) is 19.7 Å². The Kier molecular flexibility index (Phi) is 6.52. The quantitative estimate of drug-likeness (QED) is 0.841. The summed E-state index contributed by atoms with van der Waals surface area (Å²) in [6.07, 6.45) is 6.86. The van der Waals surface area contributed by atoms with Crippen LogP contribution < -0.4 is 10.1 Å². The molecule has 1 aliphatic heterocycles.